The molecule has 0 saturated heterocycles. The van der Waals surface area contributed by atoms with Gasteiger partial charge in [0.25, 0.3) is 5.91 Å². The zero-order chi connectivity index (χ0) is 17.3. The Hall–Kier alpha value is -2.96. The summed E-state index contributed by atoms with van der Waals surface area (Å²) in [4.78, 5) is 12.4. The first-order valence-corrected chi connectivity index (χ1v) is 7.71. The number of rotatable bonds is 4. The summed E-state index contributed by atoms with van der Waals surface area (Å²) in [5.41, 5.74) is 3.48. The topological polar surface area (TPSA) is 85.8 Å². The third-order valence-corrected chi connectivity index (χ3v) is 3.51. The fraction of sp³-hybridized carbons (Fsp3) is 0.294. The van der Waals surface area contributed by atoms with Gasteiger partial charge < -0.3 is 4.42 Å². The molecule has 7 nitrogen and oxygen atoms in total. The van der Waals surface area contributed by atoms with E-state index in [9.17, 15) is 4.79 Å². The van der Waals surface area contributed by atoms with Crippen molar-refractivity contribution in [1.29, 1.82) is 0 Å². The molecule has 0 spiro atoms. The molecule has 124 valence electrons. The Morgan fingerprint density at radius 2 is 1.88 bits per heavy atom. The summed E-state index contributed by atoms with van der Waals surface area (Å²) < 4.78 is 7.20. The third-order valence-electron chi connectivity index (χ3n) is 3.51. The second kappa shape index (κ2) is 6.27. The molecule has 1 N–H and O–H groups in total. The van der Waals surface area contributed by atoms with E-state index in [4.69, 9.17) is 4.42 Å². The van der Waals surface area contributed by atoms with E-state index in [0.717, 1.165) is 16.7 Å². The van der Waals surface area contributed by atoms with Crippen molar-refractivity contribution in [3.05, 3.63) is 47.3 Å². The molecule has 1 aromatic carbocycles. The highest BCUT2D eigenvalue weighted by atomic mass is 16.4. The molecule has 2 heterocycles. The zero-order valence-corrected chi connectivity index (χ0v) is 14.1. The van der Waals surface area contributed by atoms with Gasteiger partial charge in [-0.1, -0.05) is 22.3 Å². The molecule has 0 bridgehead atoms. The van der Waals surface area contributed by atoms with Crippen LogP contribution in [0.2, 0.25) is 0 Å². The highest BCUT2D eigenvalue weighted by molar-refractivity contribution is 6.01. The average molecular weight is 325 g/mol. The number of carbonyl (C=O) groups excluding carboxylic acids is 1. The lowest BCUT2D eigenvalue weighted by Gasteiger charge is -2.09. The van der Waals surface area contributed by atoms with Crippen LogP contribution in [0.4, 0.5) is 6.01 Å². The molecule has 3 aromatic rings. The SMILES string of the molecule is Cc1cc(C)cc(-c2nnc(NC(=O)c3ccnn3C(C)C)o2)c1. The predicted molar refractivity (Wildman–Crippen MR) is 89.8 cm³/mol. The summed E-state index contributed by atoms with van der Waals surface area (Å²) in [5, 5.41) is 14.7. The van der Waals surface area contributed by atoms with Gasteiger partial charge in [-0.2, -0.15) is 5.10 Å². The van der Waals surface area contributed by atoms with E-state index in [1.54, 1.807) is 16.9 Å². The van der Waals surface area contributed by atoms with E-state index in [0.29, 0.717) is 11.6 Å². The molecule has 0 aliphatic carbocycles. The maximum Gasteiger partial charge on any atom is 0.322 e. The van der Waals surface area contributed by atoms with Gasteiger partial charge in [0, 0.05) is 17.8 Å². The minimum absolute atomic E-state index is 0.0608. The Morgan fingerprint density at radius 3 is 2.54 bits per heavy atom. The van der Waals surface area contributed by atoms with Gasteiger partial charge in [-0.05, 0) is 45.9 Å². The molecule has 0 saturated carbocycles. The van der Waals surface area contributed by atoms with Crippen LogP contribution >= 0.6 is 0 Å². The van der Waals surface area contributed by atoms with Crippen LogP contribution < -0.4 is 5.32 Å². The van der Waals surface area contributed by atoms with Gasteiger partial charge in [-0.3, -0.25) is 14.8 Å². The Bertz CT molecular complexity index is 858. The van der Waals surface area contributed by atoms with Gasteiger partial charge in [0.2, 0.25) is 5.89 Å². The van der Waals surface area contributed by atoms with Gasteiger partial charge in [-0.15, -0.1) is 5.10 Å². The van der Waals surface area contributed by atoms with Crippen molar-refractivity contribution in [2.75, 3.05) is 5.32 Å². The number of hydrogen-bond donors (Lipinski definition) is 1. The molecule has 2 aromatic heterocycles. The van der Waals surface area contributed by atoms with Crippen LogP contribution in [0.5, 0.6) is 0 Å². The lowest BCUT2D eigenvalue weighted by atomic mass is 10.1. The molecule has 0 radical (unpaired) electrons. The van der Waals surface area contributed by atoms with Crippen molar-refractivity contribution in [1.82, 2.24) is 20.0 Å². The minimum Gasteiger partial charge on any atom is -0.403 e. The average Bonchev–Trinajstić information content (AvgIpc) is 3.15. The number of aromatic nitrogens is 4. The number of hydrogen-bond acceptors (Lipinski definition) is 5. The summed E-state index contributed by atoms with van der Waals surface area (Å²) in [5.74, 6) is 0.0336. The van der Waals surface area contributed by atoms with Crippen molar-refractivity contribution in [3.8, 4) is 11.5 Å². The molecule has 0 atom stereocenters. The highest BCUT2D eigenvalue weighted by Gasteiger charge is 2.17. The van der Waals surface area contributed by atoms with Crippen LogP contribution in [-0.4, -0.2) is 25.9 Å². The van der Waals surface area contributed by atoms with Crippen molar-refractivity contribution in [2.24, 2.45) is 0 Å². The van der Waals surface area contributed by atoms with Crippen molar-refractivity contribution >= 4 is 11.9 Å². The highest BCUT2D eigenvalue weighted by Crippen LogP contribution is 2.22. The number of amides is 1. The second-order valence-electron chi connectivity index (χ2n) is 6.00. The van der Waals surface area contributed by atoms with Crippen LogP contribution in [-0.2, 0) is 0 Å². The van der Waals surface area contributed by atoms with Crippen LogP contribution in [0.25, 0.3) is 11.5 Å². The Balaban J connectivity index is 1.81. The quantitative estimate of drug-likeness (QED) is 0.794. The number of nitrogens with one attached hydrogen (secondary N) is 1. The van der Waals surface area contributed by atoms with Crippen molar-refractivity contribution < 1.29 is 9.21 Å². The summed E-state index contributed by atoms with van der Waals surface area (Å²) in [6.45, 7) is 7.91. The van der Waals surface area contributed by atoms with Crippen molar-refractivity contribution in [3.63, 3.8) is 0 Å². The summed E-state index contributed by atoms with van der Waals surface area (Å²) >= 11 is 0. The molecule has 0 aliphatic rings. The van der Waals surface area contributed by atoms with Gasteiger partial charge in [-0.25, -0.2) is 0 Å². The number of benzene rings is 1. The van der Waals surface area contributed by atoms with E-state index < -0.39 is 0 Å². The molecule has 7 heteroatoms. The maximum absolute atomic E-state index is 12.4. The van der Waals surface area contributed by atoms with E-state index in [1.807, 2.05) is 39.8 Å². The van der Waals surface area contributed by atoms with Gasteiger partial charge in [0.05, 0.1) is 0 Å². The fourth-order valence-corrected chi connectivity index (χ4v) is 2.56. The van der Waals surface area contributed by atoms with E-state index in [-0.39, 0.29) is 18.0 Å². The zero-order valence-electron chi connectivity index (χ0n) is 14.1. The lowest BCUT2D eigenvalue weighted by molar-refractivity contribution is 0.101. The molecular formula is C17H19N5O2. The smallest absolute Gasteiger partial charge is 0.322 e. The first kappa shape index (κ1) is 15.9. The van der Waals surface area contributed by atoms with Crippen LogP contribution in [0.15, 0.2) is 34.9 Å². The third kappa shape index (κ3) is 3.19. The standard InChI is InChI=1S/C17H19N5O2/c1-10(2)22-14(5-6-18-22)15(23)19-17-21-20-16(24-17)13-8-11(3)7-12(4)9-13/h5-10H,1-4H3,(H,19,21,23). The number of nitrogens with zero attached hydrogens (tertiary/aromatic N) is 4. The fourth-order valence-electron chi connectivity index (χ4n) is 2.56. The Labute approximate surface area is 139 Å². The lowest BCUT2D eigenvalue weighted by Crippen LogP contribution is -2.19. The molecule has 3 rings (SSSR count). The van der Waals surface area contributed by atoms with Crippen LogP contribution in [0, 0.1) is 13.8 Å². The molecule has 0 fully saturated rings. The first-order chi connectivity index (χ1) is 11.4. The molecular weight excluding hydrogens is 306 g/mol. The number of carbonyl (C=O) groups is 1. The van der Waals surface area contributed by atoms with Crippen molar-refractivity contribution in [2.45, 2.75) is 33.7 Å². The Morgan fingerprint density at radius 1 is 1.17 bits per heavy atom. The first-order valence-electron chi connectivity index (χ1n) is 7.71. The Kier molecular flexibility index (Phi) is 4.16. The van der Waals surface area contributed by atoms with Gasteiger partial charge in [0.1, 0.15) is 5.69 Å². The number of aryl methyl sites for hydroxylation is 2. The largest absolute Gasteiger partial charge is 0.403 e. The normalized spacial score (nSPS) is 11.0. The monoisotopic (exact) mass is 325 g/mol. The van der Waals surface area contributed by atoms with Crippen LogP contribution in [0.1, 0.15) is 41.5 Å². The predicted octanol–water partition coefficient (Wildman–Crippen LogP) is 3.38. The molecule has 0 unspecified atom stereocenters. The molecule has 24 heavy (non-hydrogen) atoms. The van der Waals surface area contributed by atoms with Gasteiger partial charge in [0.15, 0.2) is 0 Å². The summed E-state index contributed by atoms with van der Waals surface area (Å²) in [6, 6.07) is 7.77. The van der Waals surface area contributed by atoms with Gasteiger partial charge >= 0.3 is 6.01 Å². The van der Waals surface area contributed by atoms with Crippen LogP contribution in [0.3, 0.4) is 0 Å². The van der Waals surface area contributed by atoms with E-state index in [1.165, 1.54) is 0 Å². The molecule has 0 aliphatic heterocycles. The molecule has 1 amide bonds. The second-order valence-corrected chi connectivity index (χ2v) is 6.00. The maximum atomic E-state index is 12.4. The number of anilines is 1. The van der Waals surface area contributed by atoms with E-state index in [2.05, 4.69) is 26.7 Å². The minimum atomic E-state index is -0.336. The summed E-state index contributed by atoms with van der Waals surface area (Å²) in [6.07, 6.45) is 1.59. The van der Waals surface area contributed by atoms with E-state index >= 15 is 0 Å². The summed E-state index contributed by atoms with van der Waals surface area (Å²) in [7, 11) is 0.